The Morgan fingerprint density at radius 3 is 2.31 bits per heavy atom. The number of benzene rings is 2. The van der Waals surface area contributed by atoms with Crippen molar-refractivity contribution < 1.29 is 27.4 Å². The van der Waals surface area contributed by atoms with Crippen LogP contribution in [0, 0.1) is 0 Å². The molecule has 0 radical (unpaired) electrons. The Labute approximate surface area is 153 Å². The Kier molecular flexibility index (Phi) is 6.37. The van der Waals surface area contributed by atoms with Crippen LogP contribution in [-0.4, -0.2) is 19.1 Å². The van der Waals surface area contributed by atoms with E-state index < -0.39 is 23.8 Å². The second-order valence-electron chi connectivity index (χ2n) is 5.37. The number of halogens is 4. The van der Waals surface area contributed by atoms with Gasteiger partial charge in [0.15, 0.2) is 6.10 Å². The standard InChI is InChI=1S/C18H17ClF3NO3/c1-3-16(26-13-7-5-12(25-2)6-8-13)17(24)23-15-10-11(18(20,21)22)4-9-14(15)19/h4-10,16H,3H2,1-2H3,(H,23,24). The van der Waals surface area contributed by atoms with Crippen molar-refractivity contribution in [1.29, 1.82) is 0 Å². The molecule has 0 saturated carbocycles. The summed E-state index contributed by atoms with van der Waals surface area (Å²) in [5.74, 6) is 0.470. The van der Waals surface area contributed by atoms with Gasteiger partial charge in [0.25, 0.3) is 5.91 Å². The van der Waals surface area contributed by atoms with Crippen molar-refractivity contribution in [3.8, 4) is 11.5 Å². The molecule has 2 aromatic carbocycles. The molecule has 1 amide bonds. The second kappa shape index (κ2) is 8.31. The predicted molar refractivity (Wildman–Crippen MR) is 92.8 cm³/mol. The highest BCUT2D eigenvalue weighted by molar-refractivity contribution is 6.33. The van der Waals surface area contributed by atoms with Crippen LogP contribution in [0.15, 0.2) is 42.5 Å². The molecule has 4 nitrogen and oxygen atoms in total. The van der Waals surface area contributed by atoms with Crippen molar-refractivity contribution in [3.05, 3.63) is 53.1 Å². The molecule has 8 heteroatoms. The monoisotopic (exact) mass is 387 g/mol. The Morgan fingerprint density at radius 1 is 1.15 bits per heavy atom. The molecule has 0 bridgehead atoms. The van der Waals surface area contributed by atoms with Gasteiger partial charge in [-0.15, -0.1) is 0 Å². The minimum absolute atomic E-state index is 0.00523. The fraction of sp³-hybridized carbons (Fsp3) is 0.278. The van der Waals surface area contributed by atoms with Crippen LogP contribution in [0.4, 0.5) is 18.9 Å². The van der Waals surface area contributed by atoms with Gasteiger partial charge in [0.05, 0.1) is 23.4 Å². The molecular weight excluding hydrogens is 371 g/mol. The lowest BCUT2D eigenvalue weighted by Crippen LogP contribution is -2.32. The zero-order valence-electron chi connectivity index (χ0n) is 14.1. The lowest BCUT2D eigenvalue weighted by atomic mass is 10.1. The van der Waals surface area contributed by atoms with Crippen LogP contribution in [0.3, 0.4) is 0 Å². The van der Waals surface area contributed by atoms with Crippen molar-refractivity contribution >= 4 is 23.2 Å². The van der Waals surface area contributed by atoms with Crippen LogP contribution in [0.2, 0.25) is 5.02 Å². The normalized spacial score (nSPS) is 12.4. The predicted octanol–water partition coefficient (Wildman–Crippen LogP) is 5.16. The number of rotatable bonds is 6. The fourth-order valence-electron chi connectivity index (χ4n) is 2.15. The number of methoxy groups -OCH3 is 1. The van der Waals surface area contributed by atoms with Crippen molar-refractivity contribution in [3.63, 3.8) is 0 Å². The van der Waals surface area contributed by atoms with E-state index in [0.717, 1.165) is 18.2 Å². The summed E-state index contributed by atoms with van der Waals surface area (Å²) in [5, 5.41) is 2.40. The zero-order chi connectivity index (χ0) is 19.3. The molecule has 0 aliphatic rings. The Balaban J connectivity index is 2.13. The average molecular weight is 388 g/mol. The molecule has 1 atom stereocenters. The molecule has 0 heterocycles. The Morgan fingerprint density at radius 2 is 1.77 bits per heavy atom. The molecule has 0 aliphatic carbocycles. The van der Waals surface area contributed by atoms with Gasteiger partial charge in [-0.05, 0) is 48.9 Å². The zero-order valence-corrected chi connectivity index (χ0v) is 14.8. The van der Waals surface area contributed by atoms with Gasteiger partial charge in [-0.2, -0.15) is 13.2 Å². The molecule has 0 saturated heterocycles. The molecule has 2 aromatic rings. The van der Waals surface area contributed by atoms with Gasteiger partial charge in [0.2, 0.25) is 0 Å². The van der Waals surface area contributed by atoms with E-state index >= 15 is 0 Å². The van der Waals surface area contributed by atoms with Crippen molar-refractivity contribution in [2.45, 2.75) is 25.6 Å². The minimum Gasteiger partial charge on any atom is -0.497 e. The lowest BCUT2D eigenvalue weighted by molar-refractivity contribution is -0.137. The summed E-state index contributed by atoms with van der Waals surface area (Å²) in [7, 11) is 1.52. The molecule has 0 spiro atoms. The minimum atomic E-state index is -4.53. The molecule has 2 rings (SSSR count). The van der Waals surface area contributed by atoms with E-state index in [-0.39, 0.29) is 10.7 Å². The Bertz CT molecular complexity index is 763. The van der Waals surface area contributed by atoms with E-state index in [2.05, 4.69) is 5.32 Å². The first-order valence-corrected chi connectivity index (χ1v) is 8.10. The maximum absolute atomic E-state index is 12.8. The summed E-state index contributed by atoms with van der Waals surface area (Å²) >= 11 is 5.90. The van der Waals surface area contributed by atoms with Crippen LogP contribution >= 0.6 is 11.6 Å². The van der Waals surface area contributed by atoms with Gasteiger partial charge in [-0.3, -0.25) is 4.79 Å². The maximum Gasteiger partial charge on any atom is 0.416 e. The molecular formula is C18H17ClF3NO3. The van der Waals surface area contributed by atoms with Gasteiger partial charge in [-0.1, -0.05) is 18.5 Å². The molecule has 0 fully saturated rings. The highest BCUT2D eigenvalue weighted by Crippen LogP contribution is 2.34. The van der Waals surface area contributed by atoms with Crippen LogP contribution in [-0.2, 0) is 11.0 Å². The number of ether oxygens (including phenoxy) is 2. The van der Waals surface area contributed by atoms with Gasteiger partial charge in [0.1, 0.15) is 11.5 Å². The molecule has 0 aromatic heterocycles. The quantitative estimate of drug-likeness (QED) is 0.744. The number of nitrogens with one attached hydrogen (secondary N) is 1. The third-order valence-electron chi connectivity index (χ3n) is 3.55. The molecule has 26 heavy (non-hydrogen) atoms. The smallest absolute Gasteiger partial charge is 0.416 e. The number of amides is 1. The van der Waals surface area contributed by atoms with E-state index in [0.29, 0.717) is 17.9 Å². The Hall–Kier alpha value is -2.41. The SMILES string of the molecule is CCC(Oc1ccc(OC)cc1)C(=O)Nc1cc(C(F)(F)F)ccc1Cl. The molecule has 0 aliphatic heterocycles. The number of hydrogen-bond donors (Lipinski definition) is 1. The highest BCUT2D eigenvalue weighted by Gasteiger charge is 2.31. The number of hydrogen-bond acceptors (Lipinski definition) is 3. The van der Waals surface area contributed by atoms with E-state index in [1.165, 1.54) is 7.11 Å². The van der Waals surface area contributed by atoms with Crippen LogP contribution in [0.1, 0.15) is 18.9 Å². The summed E-state index contributed by atoms with van der Waals surface area (Å²) in [6.07, 6.45) is -5.11. The summed E-state index contributed by atoms with van der Waals surface area (Å²) in [5.41, 5.74) is -1.02. The van der Waals surface area contributed by atoms with Crippen molar-refractivity contribution in [2.24, 2.45) is 0 Å². The van der Waals surface area contributed by atoms with E-state index in [1.54, 1.807) is 31.2 Å². The van der Waals surface area contributed by atoms with Gasteiger partial charge in [-0.25, -0.2) is 0 Å². The van der Waals surface area contributed by atoms with Gasteiger partial charge < -0.3 is 14.8 Å². The van der Waals surface area contributed by atoms with Gasteiger partial charge >= 0.3 is 6.18 Å². The first-order chi connectivity index (χ1) is 12.2. The third-order valence-corrected chi connectivity index (χ3v) is 3.88. The summed E-state index contributed by atoms with van der Waals surface area (Å²) < 4.78 is 49.1. The second-order valence-corrected chi connectivity index (χ2v) is 5.78. The van der Waals surface area contributed by atoms with Crippen molar-refractivity contribution in [1.82, 2.24) is 0 Å². The van der Waals surface area contributed by atoms with E-state index in [9.17, 15) is 18.0 Å². The first-order valence-electron chi connectivity index (χ1n) is 7.73. The highest BCUT2D eigenvalue weighted by atomic mass is 35.5. The fourth-order valence-corrected chi connectivity index (χ4v) is 2.32. The number of carbonyl (C=O) groups is 1. The van der Waals surface area contributed by atoms with E-state index in [4.69, 9.17) is 21.1 Å². The topological polar surface area (TPSA) is 47.6 Å². The van der Waals surface area contributed by atoms with Gasteiger partial charge in [0, 0.05) is 0 Å². The van der Waals surface area contributed by atoms with Crippen molar-refractivity contribution in [2.75, 3.05) is 12.4 Å². The van der Waals surface area contributed by atoms with Crippen LogP contribution < -0.4 is 14.8 Å². The summed E-state index contributed by atoms with van der Waals surface area (Å²) in [6.45, 7) is 1.72. The molecule has 1 N–H and O–H groups in total. The number of alkyl halides is 3. The first kappa shape index (κ1) is 19.9. The molecule has 140 valence electrons. The summed E-state index contributed by atoms with van der Waals surface area (Å²) in [4.78, 5) is 12.4. The van der Waals surface area contributed by atoms with Crippen LogP contribution in [0.25, 0.3) is 0 Å². The maximum atomic E-state index is 12.8. The van der Waals surface area contributed by atoms with E-state index in [1.807, 2.05) is 0 Å². The average Bonchev–Trinajstić information content (AvgIpc) is 2.61. The number of anilines is 1. The third kappa shape index (κ3) is 5.05. The lowest BCUT2D eigenvalue weighted by Gasteiger charge is -2.18. The molecule has 1 unspecified atom stereocenters. The van der Waals surface area contributed by atoms with Crippen LogP contribution in [0.5, 0.6) is 11.5 Å². The summed E-state index contributed by atoms with van der Waals surface area (Å²) in [6, 6.07) is 9.33. The largest absolute Gasteiger partial charge is 0.497 e. The number of carbonyl (C=O) groups excluding carboxylic acids is 1.